The normalized spacial score (nSPS) is 19.3. The van der Waals surface area contributed by atoms with Crippen LogP contribution in [0, 0.1) is 0 Å². The molecule has 0 aliphatic carbocycles. The van der Waals surface area contributed by atoms with E-state index in [0.29, 0.717) is 25.9 Å². The van der Waals surface area contributed by atoms with Gasteiger partial charge in [-0.2, -0.15) is 0 Å². The van der Waals surface area contributed by atoms with E-state index < -0.39 is 0 Å². The van der Waals surface area contributed by atoms with E-state index in [9.17, 15) is 9.59 Å². The molecule has 0 N–H and O–H groups in total. The van der Waals surface area contributed by atoms with Crippen molar-refractivity contribution < 1.29 is 9.59 Å². The molecule has 3 heterocycles. The topological polar surface area (TPSA) is 53.5 Å². The molecule has 1 fully saturated rings. The number of carbonyl (C=O) groups excluding carboxylic acids is 2. The maximum atomic E-state index is 12.9. The van der Waals surface area contributed by atoms with E-state index in [2.05, 4.69) is 11.1 Å². The van der Waals surface area contributed by atoms with E-state index in [1.807, 2.05) is 46.3 Å². The number of benzene rings is 1. The zero-order chi connectivity index (χ0) is 18.6. The molecule has 1 aromatic heterocycles. The third-order valence-electron chi connectivity index (χ3n) is 5.61. The summed E-state index contributed by atoms with van der Waals surface area (Å²) in [4.78, 5) is 33.4. The largest absolute Gasteiger partial charge is 0.336 e. The van der Waals surface area contributed by atoms with Crippen LogP contribution >= 0.6 is 0 Å². The fraction of sp³-hybridized carbons (Fsp3) is 0.409. The summed E-state index contributed by atoms with van der Waals surface area (Å²) in [6.45, 7) is 2.10. The molecule has 2 aliphatic heterocycles. The van der Waals surface area contributed by atoms with Crippen LogP contribution in [0.5, 0.6) is 0 Å². The van der Waals surface area contributed by atoms with Gasteiger partial charge >= 0.3 is 0 Å². The molecule has 0 unspecified atom stereocenters. The van der Waals surface area contributed by atoms with Gasteiger partial charge in [0, 0.05) is 44.0 Å². The molecule has 2 aromatic rings. The maximum absolute atomic E-state index is 12.9. The fourth-order valence-electron chi connectivity index (χ4n) is 4.21. The molecule has 5 nitrogen and oxygen atoms in total. The van der Waals surface area contributed by atoms with Crippen LogP contribution in [0.15, 0.2) is 48.8 Å². The van der Waals surface area contributed by atoms with E-state index in [0.717, 1.165) is 42.5 Å². The first-order valence-corrected chi connectivity index (χ1v) is 9.80. The Hall–Kier alpha value is -2.69. The Morgan fingerprint density at radius 2 is 2.04 bits per heavy atom. The van der Waals surface area contributed by atoms with Crippen molar-refractivity contribution in [3.05, 3.63) is 65.5 Å². The first-order valence-electron chi connectivity index (χ1n) is 9.80. The van der Waals surface area contributed by atoms with Crippen molar-refractivity contribution in [1.29, 1.82) is 0 Å². The van der Waals surface area contributed by atoms with Gasteiger partial charge in [0.25, 0.3) is 5.91 Å². The number of fused-ring (bicyclic) bond motifs is 1. The lowest BCUT2D eigenvalue weighted by Gasteiger charge is -2.36. The van der Waals surface area contributed by atoms with E-state index >= 15 is 0 Å². The van der Waals surface area contributed by atoms with Gasteiger partial charge in [0.1, 0.15) is 0 Å². The van der Waals surface area contributed by atoms with Gasteiger partial charge in [-0.1, -0.05) is 24.3 Å². The maximum Gasteiger partial charge on any atom is 0.254 e. The molecule has 0 saturated carbocycles. The van der Waals surface area contributed by atoms with Crippen LogP contribution in [-0.2, 0) is 11.3 Å². The zero-order valence-corrected chi connectivity index (χ0v) is 15.5. The highest BCUT2D eigenvalue weighted by atomic mass is 16.2. The lowest BCUT2D eigenvalue weighted by atomic mass is 9.96. The summed E-state index contributed by atoms with van der Waals surface area (Å²) in [5.41, 5.74) is 3.01. The smallest absolute Gasteiger partial charge is 0.254 e. The first kappa shape index (κ1) is 17.7. The van der Waals surface area contributed by atoms with Crippen molar-refractivity contribution in [2.24, 2.45) is 0 Å². The summed E-state index contributed by atoms with van der Waals surface area (Å²) in [5.74, 6) is 0.275. The number of piperidine rings is 1. The number of aromatic nitrogens is 1. The van der Waals surface area contributed by atoms with E-state index in [1.165, 1.54) is 0 Å². The van der Waals surface area contributed by atoms with Crippen LogP contribution in [0.4, 0.5) is 0 Å². The molecule has 1 saturated heterocycles. The Labute approximate surface area is 160 Å². The SMILES string of the molecule is O=C1c2ccccc2CN1CCCC(=O)N1CCCC[C@@H]1c1cccnc1. The Morgan fingerprint density at radius 1 is 1.15 bits per heavy atom. The number of hydrogen-bond acceptors (Lipinski definition) is 3. The van der Waals surface area contributed by atoms with Crippen molar-refractivity contribution >= 4 is 11.8 Å². The van der Waals surface area contributed by atoms with E-state index in [4.69, 9.17) is 0 Å². The number of nitrogens with zero attached hydrogens (tertiary/aromatic N) is 3. The Kier molecular flexibility index (Phi) is 5.19. The quantitative estimate of drug-likeness (QED) is 0.816. The number of pyridine rings is 1. The lowest BCUT2D eigenvalue weighted by Crippen LogP contribution is -2.38. The van der Waals surface area contributed by atoms with Gasteiger partial charge in [-0.15, -0.1) is 0 Å². The Balaban J connectivity index is 1.33. The fourth-order valence-corrected chi connectivity index (χ4v) is 4.21. The number of hydrogen-bond donors (Lipinski definition) is 0. The van der Waals surface area contributed by atoms with Gasteiger partial charge in [0.15, 0.2) is 0 Å². The summed E-state index contributed by atoms with van der Waals surface area (Å²) >= 11 is 0. The van der Waals surface area contributed by atoms with Crippen LogP contribution in [0.2, 0.25) is 0 Å². The van der Waals surface area contributed by atoms with Crippen LogP contribution < -0.4 is 0 Å². The molecule has 1 aromatic carbocycles. The number of carbonyl (C=O) groups is 2. The summed E-state index contributed by atoms with van der Waals surface area (Å²) in [6, 6.07) is 11.9. The zero-order valence-electron chi connectivity index (χ0n) is 15.5. The van der Waals surface area contributed by atoms with Crippen molar-refractivity contribution in [2.45, 2.75) is 44.7 Å². The van der Waals surface area contributed by atoms with Gasteiger partial charge in [0.2, 0.25) is 5.91 Å². The molecular formula is C22H25N3O2. The Bertz CT molecular complexity index is 821. The van der Waals surface area contributed by atoms with Crippen LogP contribution in [-0.4, -0.2) is 39.7 Å². The first-order chi connectivity index (χ1) is 13.2. The Morgan fingerprint density at radius 3 is 2.85 bits per heavy atom. The molecule has 0 spiro atoms. The van der Waals surface area contributed by atoms with E-state index in [1.54, 1.807) is 6.20 Å². The monoisotopic (exact) mass is 363 g/mol. The third kappa shape index (κ3) is 3.72. The molecule has 5 heteroatoms. The van der Waals surface area contributed by atoms with Crippen molar-refractivity contribution in [3.8, 4) is 0 Å². The summed E-state index contributed by atoms with van der Waals surface area (Å²) in [7, 11) is 0. The van der Waals surface area contributed by atoms with E-state index in [-0.39, 0.29) is 17.9 Å². The summed E-state index contributed by atoms with van der Waals surface area (Å²) in [5, 5.41) is 0. The molecule has 0 radical (unpaired) electrons. The van der Waals surface area contributed by atoms with Gasteiger partial charge in [-0.3, -0.25) is 14.6 Å². The van der Waals surface area contributed by atoms with Gasteiger partial charge in [0.05, 0.1) is 6.04 Å². The van der Waals surface area contributed by atoms with Crippen LogP contribution in [0.3, 0.4) is 0 Å². The average molecular weight is 363 g/mol. The number of amides is 2. The molecule has 2 aliphatic rings. The lowest BCUT2D eigenvalue weighted by molar-refractivity contribution is -0.135. The standard InChI is InChI=1S/C22H25N3O2/c26-21(25-14-4-3-10-20(25)17-8-5-12-23-15-17)11-6-13-24-16-18-7-1-2-9-19(18)22(24)27/h1-2,5,7-9,12,15,20H,3-4,6,10-11,13-14,16H2/t20-/m1/s1. The molecule has 0 bridgehead atoms. The van der Waals surface area contributed by atoms with Gasteiger partial charge < -0.3 is 9.80 Å². The average Bonchev–Trinajstić information content (AvgIpc) is 3.04. The minimum Gasteiger partial charge on any atom is -0.336 e. The minimum absolute atomic E-state index is 0.0873. The number of rotatable bonds is 5. The predicted octanol–water partition coefficient (Wildman–Crippen LogP) is 3.57. The molecular weight excluding hydrogens is 338 g/mol. The van der Waals surface area contributed by atoms with Gasteiger partial charge in [-0.05, 0) is 48.9 Å². The third-order valence-corrected chi connectivity index (χ3v) is 5.61. The predicted molar refractivity (Wildman–Crippen MR) is 103 cm³/mol. The minimum atomic E-state index is 0.0873. The molecule has 27 heavy (non-hydrogen) atoms. The molecule has 1 atom stereocenters. The van der Waals surface area contributed by atoms with Crippen molar-refractivity contribution in [3.63, 3.8) is 0 Å². The summed E-state index contributed by atoms with van der Waals surface area (Å²) in [6.07, 6.45) is 8.02. The molecule has 4 rings (SSSR count). The second kappa shape index (κ2) is 7.91. The van der Waals surface area contributed by atoms with Crippen LogP contribution in [0.25, 0.3) is 0 Å². The highest BCUT2D eigenvalue weighted by Crippen LogP contribution is 2.31. The highest BCUT2D eigenvalue weighted by molar-refractivity contribution is 5.98. The second-order valence-corrected chi connectivity index (χ2v) is 7.37. The van der Waals surface area contributed by atoms with Crippen LogP contribution in [0.1, 0.15) is 59.6 Å². The van der Waals surface area contributed by atoms with Crippen molar-refractivity contribution in [1.82, 2.24) is 14.8 Å². The molecule has 140 valence electrons. The van der Waals surface area contributed by atoms with Gasteiger partial charge in [-0.25, -0.2) is 0 Å². The molecule has 2 amide bonds. The highest BCUT2D eigenvalue weighted by Gasteiger charge is 2.29. The second-order valence-electron chi connectivity index (χ2n) is 7.37. The van der Waals surface area contributed by atoms with Crippen molar-refractivity contribution in [2.75, 3.05) is 13.1 Å². The summed E-state index contributed by atoms with van der Waals surface area (Å²) < 4.78 is 0. The number of likely N-dealkylation sites (tertiary alicyclic amines) is 1.